The summed E-state index contributed by atoms with van der Waals surface area (Å²) in [6.45, 7) is 6.03. The molecule has 3 nitrogen and oxygen atoms in total. The smallest absolute Gasteiger partial charge is 0.123 e. The summed E-state index contributed by atoms with van der Waals surface area (Å²) in [6.07, 6.45) is 0. The molecule has 1 rings (SSSR count). The van der Waals surface area contributed by atoms with Gasteiger partial charge in [-0.2, -0.15) is 0 Å². The van der Waals surface area contributed by atoms with Crippen molar-refractivity contribution < 1.29 is 4.74 Å². The van der Waals surface area contributed by atoms with Crippen molar-refractivity contribution in [3.63, 3.8) is 0 Å². The van der Waals surface area contributed by atoms with E-state index in [4.69, 9.17) is 4.74 Å². The Kier molecular flexibility index (Phi) is 5.43. The predicted octanol–water partition coefficient (Wildman–Crippen LogP) is 2.55. The first-order valence-corrected chi connectivity index (χ1v) is 6.50. The zero-order valence-electron chi connectivity index (χ0n) is 10.9. The number of ether oxygens (including phenoxy) is 1. The Balaban J connectivity index is 2.59. The van der Waals surface area contributed by atoms with Gasteiger partial charge in [0.05, 0.1) is 7.11 Å². The average molecular weight is 301 g/mol. The van der Waals surface area contributed by atoms with Crippen LogP contribution in [0.15, 0.2) is 22.7 Å². The van der Waals surface area contributed by atoms with E-state index in [9.17, 15) is 0 Å². The maximum Gasteiger partial charge on any atom is 0.123 e. The molecule has 4 heteroatoms. The third kappa shape index (κ3) is 4.66. The summed E-state index contributed by atoms with van der Waals surface area (Å²) in [6, 6.07) is 6.04. The lowest BCUT2D eigenvalue weighted by Gasteiger charge is -2.24. The Morgan fingerprint density at radius 1 is 1.35 bits per heavy atom. The summed E-state index contributed by atoms with van der Waals surface area (Å²) >= 11 is 3.47. The molecule has 1 aromatic carbocycles. The number of rotatable bonds is 6. The highest BCUT2D eigenvalue weighted by atomic mass is 79.9. The van der Waals surface area contributed by atoms with Gasteiger partial charge in [-0.15, -0.1) is 0 Å². The van der Waals surface area contributed by atoms with E-state index in [0.29, 0.717) is 0 Å². The number of likely N-dealkylation sites (N-methyl/N-ethyl adjacent to an activating group) is 1. The number of methoxy groups -OCH3 is 1. The van der Waals surface area contributed by atoms with Crippen LogP contribution in [0.3, 0.4) is 0 Å². The highest BCUT2D eigenvalue weighted by molar-refractivity contribution is 9.10. The summed E-state index contributed by atoms with van der Waals surface area (Å²) in [4.78, 5) is 0. The van der Waals surface area contributed by atoms with Crippen molar-refractivity contribution in [3.8, 4) is 5.75 Å². The predicted molar refractivity (Wildman–Crippen MR) is 75.5 cm³/mol. The summed E-state index contributed by atoms with van der Waals surface area (Å²) in [5, 5.41) is 6.70. The summed E-state index contributed by atoms with van der Waals surface area (Å²) in [5.41, 5.74) is 1.26. The molecule has 0 fully saturated rings. The Morgan fingerprint density at radius 2 is 2.06 bits per heavy atom. The standard InChI is InChI=1S/C13H21BrN2O/c1-13(2,15-3)9-16-8-10-7-11(14)5-6-12(10)17-4/h5-7,15-16H,8-9H2,1-4H3. The van der Waals surface area contributed by atoms with Gasteiger partial charge < -0.3 is 15.4 Å². The van der Waals surface area contributed by atoms with Crippen molar-refractivity contribution in [2.75, 3.05) is 20.7 Å². The van der Waals surface area contributed by atoms with Gasteiger partial charge >= 0.3 is 0 Å². The van der Waals surface area contributed by atoms with Crippen molar-refractivity contribution in [1.29, 1.82) is 0 Å². The number of benzene rings is 1. The van der Waals surface area contributed by atoms with Crippen LogP contribution in [0.4, 0.5) is 0 Å². The first-order valence-electron chi connectivity index (χ1n) is 5.70. The molecule has 0 saturated heterocycles. The number of hydrogen-bond acceptors (Lipinski definition) is 3. The zero-order chi connectivity index (χ0) is 12.9. The molecule has 0 spiro atoms. The second kappa shape index (κ2) is 6.38. The molecule has 0 aliphatic carbocycles. The van der Waals surface area contributed by atoms with Crippen LogP contribution in [0.5, 0.6) is 5.75 Å². The molecular formula is C13H21BrN2O. The third-order valence-electron chi connectivity index (χ3n) is 2.80. The first kappa shape index (κ1) is 14.5. The second-order valence-corrected chi connectivity index (χ2v) is 5.61. The van der Waals surface area contributed by atoms with E-state index in [1.165, 1.54) is 0 Å². The average Bonchev–Trinajstić information content (AvgIpc) is 2.29. The Hall–Kier alpha value is -0.580. The first-order chi connectivity index (χ1) is 7.98. The van der Waals surface area contributed by atoms with E-state index < -0.39 is 0 Å². The van der Waals surface area contributed by atoms with Crippen molar-refractivity contribution in [2.24, 2.45) is 0 Å². The van der Waals surface area contributed by atoms with Crippen LogP contribution in [0.25, 0.3) is 0 Å². The number of halogens is 1. The molecule has 2 N–H and O–H groups in total. The van der Waals surface area contributed by atoms with Crippen molar-refractivity contribution in [2.45, 2.75) is 25.9 Å². The highest BCUT2D eigenvalue weighted by Crippen LogP contribution is 2.22. The Morgan fingerprint density at radius 3 is 2.65 bits per heavy atom. The molecule has 96 valence electrons. The van der Waals surface area contributed by atoms with E-state index in [0.717, 1.165) is 28.9 Å². The molecule has 0 radical (unpaired) electrons. The van der Waals surface area contributed by atoms with E-state index in [2.05, 4.69) is 46.5 Å². The van der Waals surface area contributed by atoms with Gasteiger partial charge in [0.15, 0.2) is 0 Å². The van der Waals surface area contributed by atoms with Gasteiger partial charge in [-0.1, -0.05) is 15.9 Å². The van der Waals surface area contributed by atoms with Crippen LogP contribution in [-0.4, -0.2) is 26.2 Å². The van der Waals surface area contributed by atoms with Crippen LogP contribution >= 0.6 is 15.9 Å². The molecule has 0 unspecified atom stereocenters. The lowest BCUT2D eigenvalue weighted by atomic mass is 10.1. The minimum absolute atomic E-state index is 0.0965. The van der Waals surface area contributed by atoms with E-state index in [1.807, 2.05) is 19.2 Å². The van der Waals surface area contributed by atoms with Crippen LogP contribution in [0.2, 0.25) is 0 Å². The van der Waals surface area contributed by atoms with E-state index >= 15 is 0 Å². The zero-order valence-corrected chi connectivity index (χ0v) is 12.5. The van der Waals surface area contributed by atoms with Gasteiger partial charge in [0, 0.05) is 28.7 Å². The minimum atomic E-state index is 0.0965. The van der Waals surface area contributed by atoms with E-state index in [-0.39, 0.29) is 5.54 Å². The third-order valence-corrected chi connectivity index (χ3v) is 3.29. The molecule has 0 amide bonds. The van der Waals surface area contributed by atoms with Crippen LogP contribution in [0.1, 0.15) is 19.4 Å². The summed E-state index contributed by atoms with van der Waals surface area (Å²) in [7, 11) is 3.67. The normalized spacial score (nSPS) is 11.6. The lowest BCUT2D eigenvalue weighted by molar-refractivity contribution is 0.384. The summed E-state index contributed by atoms with van der Waals surface area (Å²) < 4.78 is 6.41. The van der Waals surface area contributed by atoms with Crippen molar-refractivity contribution >= 4 is 15.9 Å². The van der Waals surface area contributed by atoms with Gasteiger partial charge in [-0.25, -0.2) is 0 Å². The van der Waals surface area contributed by atoms with Gasteiger partial charge in [0.25, 0.3) is 0 Å². The summed E-state index contributed by atoms with van der Waals surface area (Å²) in [5.74, 6) is 0.919. The van der Waals surface area contributed by atoms with Crippen molar-refractivity contribution in [3.05, 3.63) is 28.2 Å². The van der Waals surface area contributed by atoms with Crippen LogP contribution in [-0.2, 0) is 6.54 Å². The van der Waals surface area contributed by atoms with Gasteiger partial charge in [-0.3, -0.25) is 0 Å². The molecular weight excluding hydrogens is 280 g/mol. The maximum atomic E-state index is 5.33. The Bertz CT molecular complexity index is 366. The van der Waals surface area contributed by atoms with Gasteiger partial charge in [0.2, 0.25) is 0 Å². The molecule has 0 aliphatic rings. The van der Waals surface area contributed by atoms with Crippen molar-refractivity contribution in [1.82, 2.24) is 10.6 Å². The molecule has 0 heterocycles. The monoisotopic (exact) mass is 300 g/mol. The van der Waals surface area contributed by atoms with Crippen LogP contribution in [0, 0.1) is 0 Å². The topological polar surface area (TPSA) is 33.3 Å². The quantitative estimate of drug-likeness (QED) is 0.847. The van der Waals surface area contributed by atoms with Gasteiger partial charge in [0.1, 0.15) is 5.75 Å². The fraction of sp³-hybridized carbons (Fsp3) is 0.538. The molecule has 0 aliphatic heterocycles. The second-order valence-electron chi connectivity index (χ2n) is 4.69. The maximum absolute atomic E-state index is 5.33. The van der Waals surface area contributed by atoms with Gasteiger partial charge in [-0.05, 0) is 39.1 Å². The van der Waals surface area contributed by atoms with E-state index in [1.54, 1.807) is 7.11 Å². The molecule has 1 aromatic rings. The largest absolute Gasteiger partial charge is 0.496 e. The lowest BCUT2D eigenvalue weighted by Crippen LogP contribution is -2.45. The number of nitrogens with one attached hydrogen (secondary N) is 2. The number of hydrogen-bond donors (Lipinski definition) is 2. The van der Waals surface area contributed by atoms with Crippen LogP contribution < -0.4 is 15.4 Å². The fourth-order valence-electron chi connectivity index (χ4n) is 1.48. The minimum Gasteiger partial charge on any atom is -0.496 e. The Labute approximate surface area is 112 Å². The SMILES string of the molecule is CNC(C)(C)CNCc1cc(Br)ccc1OC. The molecule has 0 bridgehead atoms. The molecule has 0 atom stereocenters. The molecule has 0 saturated carbocycles. The molecule has 0 aromatic heterocycles. The molecule has 17 heavy (non-hydrogen) atoms. The highest BCUT2D eigenvalue weighted by Gasteiger charge is 2.13. The fourth-order valence-corrected chi connectivity index (χ4v) is 1.89.